The van der Waals surface area contributed by atoms with Gasteiger partial charge in [0, 0.05) is 0 Å². The number of nitrogens with zero attached hydrogens (tertiary/aromatic N) is 4. The van der Waals surface area contributed by atoms with Crippen LogP contribution >= 0.6 is 0 Å². The lowest BCUT2D eigenvalue weighted by atomic mass is 10.1. The second-order valence-electron chi connectivity index (χ2n) is 2.46. The molecule has 0 amide bonds. The maximum absolute atomic E-state index is 13.3. The van der Waals surface area contributed by atoms with Crippen LogP contribution in [0.2, 0.25) is 0 Å². The molecule has 0 aromatic carbocycles. The third kappa shape index (κ3) is 1.72. The molecule has 72 valence electrons. The number of nitriles is 2. The largest absolute Gasteiger partial charge is 0.312 e. The van der Waals surface area contributed by atoms with E-state index in [9.17, 15) is 8.78 Å². The second-order valence-corrected chi connectivity index (χ2v) is 2.46. The molecule has 1 rings (SSSR count). The Labute approximate surface area is 83.8 Å². The van der Waals surface area contributed by atoms with Gasteiger partial charge in [-0.2, -0.15) is 10.5 Å². The first-order valence-electron chi connectivity index (χ1n) is 3.67. The molecule has 6 heteroatoms. The Morgan fingerprint density at radius 3 is 2.00 bits per heavy atom. The van der Waals surface area contributed by atoms with Crippen molar-refractivity contribution in [3.8, 4) is 12.1 Å². The maximum Gasteiger partial charge on any atom is 0.245 e. The van der Waals surface area contributed by atoms with E-state index in [4.69, 9.17) is 17.1 Å². The summed E-state index contributed by atoms with van der Waals surface area (Å²) in [6.07, 6.45) is 0. The number of aromatic nitrogens is 1. The molecule has 1 heterocycles. The van der Waals surface area contributed by atoms with Crippen LogP contribution in [0.1, 0.15) is 17.0 Å². The van der Waals surface area contributed by atoms with E-state index in [0.717, 1.165) is 0 Å². The first-order chi connectivity index (χ1) is 7.15. The molecule has 0 saturated heterocycles. The Hall–Kier alpha value is -2.52. The van der Waals surface area contributed by atoms with Crippen LogP contribution in [0.5, 0.6) is 0 Å². The summed E-state index contributed by atoms with van der Waals surface area (Å²) >= 11 is 0. The van der Waals surface area contributed by atoms with Crippen LogP contribution < -0.4 is 0 Å². The zero-order valence-electron chi connectivity index (χ0n) is 7.25. The molecule has 1 aromatic rings. The summed E-state index contributed by atoms with van der Waals surface area (Å²) in [5.74, 6) is -2.35. The highest BCUT2D eigenvalue weighted by Gasteiger charge is 2.21. The van der Waals surface area contributed by atoms with Crippen LogP contribution in [0, 0.1) is 40.9 Å². The Morgan fingerprint density at radius 2 is 1.67 bits per heavy atom. The first-order valence-corrected chi connectivity index (χ1v) is 3.67. The average molecular weight is 204 g/mol. The molecule has 0 bridgehead atoms. The van der Waals surface area contributed by atoms with E-state index >= 15 is 0 Å². The lowest BCUT2D eigenvalue weighted by Crippen LogP contribution is -2.04. The second kappa shape index (κ2) is 4.13. The molecule has 0 N–H and O–H groups in total. The summed E-state index contributed by atoms with van der Waals surface area (Å²) in [4.78, 5) is 5.98. The van der Waals surface area contributed by atoms with Crippen molar-refractivity contribution >= 4 is 0 Å². The van der Waals surface area contributed by atoms with Gasteiger partial charge in [-0.15, -0.1) is 0 Å². The van der Waals surface area contributed by atoms with Crippen molar-refractivity contribution < 1.29 is 8.78 Å². The van der Waals surface area contributed by atoms with E-state index in [1.54, 1.807) is 0 Å². The van der Waals surface area contributed by atoms with Crippen molar-refractivity contribution in [3.63, 3.8) is 0 Å². The molecule has 0 spiro atoms. The maximum atomic E-state index is 13.3. The van der Waals surface area contributed by atoms with Crippen molar-refractivity contribution in [3.05, 3.63) is 40.0 Å². The summed E-state index contributed by atoms with van der Waals surface area (Å²) in [5.41, 5.74) is -1.94. The molecule has 0 saturated carbocycles. The third-order valence-electron chi connectivity index (χ3n) is 1.62. The predicted molar refractivity (Wildman–Crippen MR) is 43.9 cm³/mol. The highest BCUT2D eigenvalue weighted by molar-refractivity contribution is 5.37. The first kappa shape index (κ1) is 10.6. The van der Waals surface area contributed by atoms with E-state index < -0.39 is 35.1 Å². The Bertz CT molecular complexity index is 493. The van der Waals surface area contributed by atoms with Gasteiger partial charge in [0.1, 0.15) is 17.7 Å². The highest BCUT2D eigenvalue weighted by Crippen LogP contribution is 2.18. The van der Waals surface area contributed by atoms with Crippen LogP contribution in [0.15, 0.2) is 0 Å². The van der Waals surface area contributed by atoms with Gasteiger partial charge < -0.3 is 4.85 Å². The number of pyridine rings is 1. The van der Waals surface area contributed by atoms with Crippen molar-refractivity contribution in [1.29, 1.82) is 10.5 Å². The van der Waals surface area contributed by atoms with Gasteiger partial charge in [0.15, 0.2) is 23.0 Å². The summed E-state index contributed by atoms with van der Waals surface area (Å²) in [7, 11) is 0. The van der Waals surface area contributed by atoms with Crippen molar-refractivity contribution in [2.24, 2.45) is 0 Å². The number of hydrogen-bond acceptors (Lipinski definition) is 3. The summed E-state index contributed by atoms with van der Waals surface area (Å²) in [6.45, 7) is 5.93. The molecule has 0 aliphatic rings. The van der Waals surface area contributed by atoms with Crippen molar-refractivity contribution in [2.45, 2.75) is 6.54 Å². The molecular weight excluding hydrogens is 202 g/mol. The van der Waals surface area contributed by atoms with Gasteiger partial charge in [0.05, 0.1) is 0 Å². The minimum Gasteiger partial charge on any atom is -0.312 e. The van der Waals surface area contributed by atoms with Crippen LogP contribution in [0.25, 0.3) is 4.85 Å². The van der Waals surface area contributed by atoms with Gasteiger partial charge in [0.2, 0.25) is 6.54 Å². The number of rotatable bonds is 1. The number of hydrogen-bond donors (Lipinski definition) is 0. The third-order valence-corrected chi connectivity index (χ3v) is 1.62. The standard InChI is InChI=1S/C9H2F2N4/c1-14-4-5-8(10)6(2-12)15-7(3-13)9(5)11/h4H2. The zero-order valence-corrected chi connectivity index (χ0v) is 7.25. The summed E-state index contributed by atoms with van der Waals surface area (Å²) in [5, 5.41) is 16.9. The van der Waals surface area contributed by atoms with E-state index in [0.29, 0.717) is 0 Å². The fraction of sp³-hybridized carbons (Fsp3) is 0.111. The average Bonchev–Trinajstić information content (AvgIpc) is 2.25. The van der Waals surface area contributed by atoms with Gasteiger partial charge in [-0.3, -0.25) is 0 Å². The molecule has 0 atom stereocenters. The van der Waals surface area contributed by atoms with E-state index in [-0.39, 0.29) is 0 Å². The van der Waals surface area contributed by atoms with E-state index in [1.807, 2.05) is 0 Å². The fourth-order valence-corrected chi connectivity index (χ4v) is 0.958. The smallest absolute Gasteiger partial charge is 0.245 e. The Balaban J connectivity index is 3.58. The van der Waals surface area contributed by atoms with Crippen LogP contribution in [-0.2, 0) is 6.54 Å². The molecule has 0 aliphatic carbocycles. The minimum atomic E-state index is -1.18. The van der Waals surface area contributed by atoms with Crippen molar-refractivity contribution in [2.75, 3.05) is 0 Å². The Kier molecular flexibility index (Phi) is 2.91. The van der Waals surface area contributed by atoms with Gasteiger partial charge in [-0.1, -0.05) is 0 Å². The molecule has 0 fully saturated rings. The van der Waals surface area contributed by atoms with Gasteiger partial charge in [-0.25, -0.2) is 20.3 Å². The molecule has 4 nitrogen and oxygen atoms in total. The lowest BCUT2D eigenvalue weighted by molar-refractivity contribution is 0.546. The normalized spacial score (nSPS) is 8.73. The minimum absolute atomic E-state index is 0.566. The molecule has 15 heavy (non-hydrogen) atoms. The van der Waals surface area contributed by atoms with Gasteiger partial charge >= 0.3 is 0 Å². The lowest BCUT2D eigenvalue weighted by Gasteiger charge is -2.00. The zero-order chi connectivity index (χ0) is 11.4. The molecule has 0 unspecified atom stereocenters. The number of halogens is 2. The van der Waals surface area contributed by atoms with Crippen molar-refractivity contribution in [1.82, 2.24) is 4.98 Å². The topological polar surface area (TPSA) is 64.8 Å². The monoisotopic (exact) mass is 204 g/mol. The summed E-state index contributed by atoms with van der Waals surface area (Å²) in [6, 6.07) is 2.78. The molecule has 0 aliphatic heterocycles. The summed E-state index contributed by atoms with van der Waals surface area (Å²) < 4.78 is 26.5. The highest BCUT2D eigenvalue weighted by atomic mass is 19.1. The van der Waals surface area contributed by atoms with E-state index in [2.05, 4.69) is 9.83 Å². The molecule has 1 aromatic heterocycles. The predicted octanol–water partition coefficient (Wildman–Crippen LogP) is 1.52. The van der Waals surface area contributed by atoms with Crippen LogP contribution in [0.3, 0.4) is 0 Å². The Morgan fingerprint density at radius 1 is 1.20 bits per heavy atom. The van der Waals surface area contributed by atoms with E-state index in [1.165, 1.54) is 12.1 Å². The quantitative estimate of drug-likeness (QED) is 0.651. The van der Waals surface area contributed by atoms with Crippen LogP contribution in [0.4, 0.5) is 8.78 Å². The van der Waals surface area contributed by atoms with Gasteiger partial charge in [0.25, 0.3) is 0 Å². The van der Waals surface area contributed by atoms with Crippen LogP contribution in [-0.4, -0.2) is 4.98 Å². The molecular formula is C9H2F2N4. The van der Waals surface area contributed by atoms with Gasteiger partial charge in [-0.05, 0) is 0 Å². The fourth-order valence-electron chi connectivity index (χ4n) is 0.958. The SMILES string of the molecule is [C-]#[N+]Cc1c(F)c(C#N)nc(C#N)c1F. The molecule has 0 radical (unpaired) electrons.